The topological polar surface area (TPSA) is 40.5 Å². The van der Waals surface area contributed by atoms with E-state index < -0.39 is 0 Å². The maximum Gasteiger partial charge on any atom is 0.118 e. The van der Waals surface area contributed by atoms with Gasteiger partial charge in [0.25, 0.3) is 0 Å². The van der Waals surface area contributed by atoms with Gasteiger partial charge in [0.2, 0.25) is 0 Å². The highest BCUT2D eigenvalue weighted by Gasteiger charge is 2.00. The van der Waals surface area contributed by atoms with Gasteiger partial charge in [0.05, 0.1) is 0 Å². The van der Waals surface area contributed by atoms with Gasteiger partial charge in [-0.05, 0) is 48.9 Å². The van der Waals surface area contributed by atoms with Crippen molar-refractivity contribution < 1.29 is 10.2 Å². The molecule has 0 heterocycles. The number of para-hydroxylation sites is 2. The Morgan fingerprint density at radius 1 is 0.440 bits per heavy atom. The molecule has 136 valence electrons. The Bertz CT molecular complexity index is 553. The molecule has 0 atom stereocenters. The molecule has 0 aromatic heterocycles. The van der Waals surface area contributed by atoms with Gasteiger partial charge in [0.15, 0.2) is 0 Å². The average molecular weight is 341 g/mol. The zero-order chi connectivity index (χ0) is 17.7. The highest BCUT2D eigenvalue weighted by Crippen LogP contribution is 2.20. The van der Waals surface area contributed by atoms with Crippen molar-refractivity contribution in [3.8, 4) is 11.5 Å². The number of hydrogen-bond acceptors (Lipinski definition) is 2. The van der Waals surface area contributed by atoms with Crippen LogP contribution in [0.15, 0.2) is 48.5 Å². The molecule has 0 aliphatic carbocycles. The van der Waals surface area contributed by atoms with Crippen molar-refractivity contribution >= 4 is 0 Å². The summed E-state index contributed by atoms with van der Waals surface area (Å²) in [7, 11) is 0. The Kier molecular flexibility index (Phi) is 8.96. The van der Waals surface area contributed by atoms with Crippen molar-refractivity contribution in [2.24, 2.45) is 0 Å². The normalized spacial score (nSPS) is 10.9. The fourth-order valence-corrected chi connectivity index (χ4v) is 3.31. The summed E-state index contributed by atoms with van der Waals surface area (Å²) >= 11 is 0. The second kappa shape index (κ2) is 11.6. The van der Waals surface area contributed by atoms with Gasteiger partial charge in [-0.1, -0.05) is 81.3 Å². The number of benzene rings is 2. The number of phenolic OH excluding ortho intramolecular Hbond substituents is 2. The van der Waals surface area contributed by atoms with Crippen LogP contribution in [-0.4, -0.2) is 10.2 Å². The lowest BCUT2D eigenvalue weighted by Gasteiger charge is -2.05. The molecule has 0 amide bonds. The molecule has 2 nitrogen and oxygen atoms in total. The molecule has 0 saturated carbocycles. The van der Waals surface area contributed by atoms with Gasteiger partial charge < -0.3 is 10.2 Å². The molecule has 0 saturated heterocycles. The van der Waals surface area contributed by atoms with Crippen LogP contribution >= 0.6 is 0 Å². The van der Waals surface area contributed by atoms with Crippen LogP contribution < -0.4 is 0 Å². The lowest BCUT2D eigenvalue weighted by Crippen LogP contribution is -1.88. The zero-order valence-corrected chi connectivity index (χ0v) is 15.3. The van der Waals surface area contributed by atoms with E-state index in [-0.39, 0.29) is 0 Å². The minimum atomic E-state index is 0.436. The molecule has 25 heavy (non-hydrogen) atoms. The first-order valence-corrected chi connectivity index (χ1v) is 9.81. The second-order valence-corrected chi connectivity index (χ2v) is 6.94. The fraction of sp³-hybridized carbons (Fsp3) is 0.478. The summed E-state index contributed by atoms with van der Waals surface area (Å²) in [6.07, 6.45) is 13.4. The maximum absolute atomic E-state index is 9.73. The summed E-state index contributed by atoms with van der Waals surface area (Å²) < 4.78 is 0. The number of aryl methyl sites for hydroxylation is 2. The van der Waals surface area contributed by atoms with E-state index in [1.165, 1.54) is 44.9 Å². The number of phenols is 2. The molecule has 0 spiro atoms. The van der Waals surface area contributed by atoms with Crippen molar-refractivity contribution in [2.75, 3.05) is 0 Å². The Morgan fingerprint density at radius 3 is 1.12 bits per heavy atom. The first kappa shape index (κ1) is 19.4. The molecule has 0 unspecified atom stereocenters. The fourth-order valence-electron chi connectivity index (χ4n) is 3.31. The highest BCUT2D eigenvalue weighted by molar-refractivity contribution is 5.32. The predicted octanol–water partition coefficient (Wildman–Crippen LogP) is 6.39. The van der Waals surface area contributed by atoms with Crippen molar-refractivity contribution in [1.29, 1.82) is 0 Å². The van der Waals surface area contributed by atoms with E-state index >= 15 is 0 Å². The summed E-state index contributed by atoms with van der Waals surface area (Å²) in [5.74, 6) is 0.873. The van der Waals surface area contributed by atoms with Gasteiger partial charge in [-0.3, -0.25) is 0 Å². The largest absolute Gasteiger partial charge is 0.508 e. The van der Waals surface area contributed by atoms with Crippen LogP contribution in [0.1, 0.15) is 68.9 Å². The van der Waals surface area contributed by atoms with E-state index in [2.05, 4.69) is 0 Å². The number of rotatable bonds is 12. The van der Waals surface area contributed by atoms with Crippen LogP contribution in [-0.2, 0) is 12.8 Å². The summed E-state index contributed by atoms with van der Waals surface area (Å²) in [6, 6.07) is 15.3. The van der Waals surface area contributed by atoms with Gasteiger partial charge in [-0.25, -0.2) is 0 Å². The summed E-state index contributed by atoms with van der Waals surface area (Å²) in [5.41, 5.74) is 2.15. The predicted molar refractivity (Wildman–Crippen MR) is 105 cm³/mol. The number of unbranched alkanes of at least 4 members (excludes halogenated alkanes) is 8. The first-order valence-electron chi connectivity index (χ1n) is 9.81. The Morgan fingerprint density at radius 2 is 0.760 bits per heavy atom. The molecule has 0 fully saturated rings. The summed E-state index contributed by atoms with van der Waals surface area (Å²) in [6.45, 7) is 0. The Labute approximate surface area is 152 Å². The highest BCUT2D eigenvalue weighted by atomic mass is 16.3. The van der Waals surface area contributed by atoms with Gasteiger partial charge in [-0.15, -0.1) is 0 Å². The van der Waals surface area contributed by atoms with Crippen LogP contribution in [0.25, 0.3) is 0 Å². The molecular weight excluding hydrogens is 308 g/mol. The van der Waals surface area contributed by atoms with E-state index in [1.54, 1.807) is 12.1 Å². The zero-order valence-electron chi connectivity index (χ0n) is 15.3. The molecule has 2 heteroatoms. The first-order chi connectivity index (χ1) is 12.3. The standard InChI is InChI=1S/C23H32O2/c24-22-18-12-10-16-20(22)14-8-6-4-2-1-3-5-7-9-15-21-17-11-13-19-23(21)25/h10-13,16-19,24-25H,1-9,14-15H2. The lowest BCUT2D eigenvalue weighted by atomic mass is 10.0. The minimum Gasteiger partial charge on any atom is -0.508 e. The third kappa shape index (κ3) is 7.64. The maximum atomic E-state index is 9.73. The Hall–Kier alpha value is -1.96. The number of hydrogen-bond donors (Lipinski definition) is 2. The van der Waals surface area contributed by atoms with E-state index in [9.17, 15) is 10.2 Å². The molecule has 2 aromatic rings. The van der Waals surface area contributed by atoms with Crippen LogP contribution in [0, 0.1) is 0 Å². The average Bonchev–Trinajstić information content (AvgIpc) is 2.62. The van der Waals surface area contributed by atoms with Gasteiger partial charge >= 0.3 is 0 Å². The van der Waals surface area contributed by atoms with Crippen LogP contribution in [0.5, 0.6) is 11.5 Å². The molecule has 0 bridgehead atoms. The van der Waals surface area contributed by atoms with Crippen LogP contribution in [0.4, 0.5) is 0 Å². The SMILES string of the molecule is Oc1ccccc1CCCCCCCCCCCc1ccccc1O. The summed E-state index contributed by atoms with van der Waals surface area (Å²) in [4.78, 5) is 0. The monoisotopic (exact) mass is 340 g/mol. The van der Waals surface area contributed by atoms with E-state index in [1.807, 2.05) is 36.4 Å². The van der Waals surface area contributed by atoms with E-state index in [4.69, 9.17) is 0 Å². The van der Waals surface area contributed by atoms with Gasteiger partial charge in [0.1, 0.15) is 11.5 Å². The van der Waals surface area contributed by atoms with Crippen molar-refractivity contribution in [3.63, 3.8) is 0 Å². The molecular formula is C23H32O2. The van der Waals surface area contributed by atoms with Crippen molar-refractivity contribution in [2.45, 2.75) is 70.6 Å². The summed E-state index contributed by atoms with van der Waals surface area (Å²) in [5, 5.41) is 19.5. The van der Waals surface area contributed by atoms with Gasteiger partial charge in [-0.2, -0.15) is 0 Å². The Balaban J connectivity index is 1.40. The van der Waals surface area contributed by atoms with Crippen LogP contribution in [0.2, 0.25) is 0 Å². The second-order valence-electron chi connectivity index (χ2n) is 6.94. The van der Waals surface area contributed by atoms with Gasteiger partial charge in [0, 0.05) is 0 Å². The molecule has 0 aliphatic rings. The molecule has 2 N–H and O–H groups in total. The van der Waals surface area contributed by atoms with Crippen LogP contribution in [0.3, 0.4) is 0 Å². The van der Waals surface area contributed by atoms with Crippen molar-refractivity contribution in [3.05, 3.63) is 59.7 Å². The molecule has 0 radical (unpaired) electrons. The molecule has 2 aromatic carbocycles. The number of aromatic hydroxyl groups is 2. The quantitative estimate of drug-likeness (QED) is 0.439. The minimum absolute atomic E-state index is 0.436. The lowest BCUT2D eigenvalue weighted by molar-refractivity contribution is 0.465. The molecule has 2 rings (SSSR count). The molecule has 0 aliphatic heterocycles. The van der Waals surface area contributed by atoms with E-state index in [0.717, 1.165) is 36.8 Å². The third-order valence-electron chi connectivity index (χ3n) is 4.88. The van der Waals surface area contributed by atoms with E-state index in [0.29, 0.717) is 11.5 Å². The van der Waals surface area contributed by atoms with Crippen molar-refractivity contribution in [1.82, 2.24) is 0 Å². The third-order valence-corrected chi connectivity index (χ3v) is 4.88. The smallest absolute Gasteiger partial charge is 0.118 e.